The van der Waals surface area contributed by atoms with Crippen LogP contribution < -0.4 is 10.1 Å². The second-order valence-electron chi connectivity index (χ2n) is 5.73. The normalized spacial score (nSPS) is 11.6. The van der Waals surface area contributed by atoms with Gasteiger partial charge in [0.15, 0.2) is 0 Å². The van der Waals surface area contributed by atoms with Gasteiger partial charge in [0.25, 0.3) is 0 Å². The van der Waals surface area contributed by atoms with E-state index in [1.165, 1.54) is 12.1 Å². The van der Waals surface area contributed by atoms with E-state index in [2.05, 4.69) is 5.32 Å². The van der Waals surface area contributed by atoms with Gasteiger partial charge in [-0.1, -0.05) is 17.7 Å². The molecule has 0 bridgehead atoms. The minimum atomic E-state index is -1.27. The summed E-state index contributed by atoms with van der Waals surface area (Å²) in [5, 5.41) is 11.5. The third-order valence-electron chi connectivity index (χ3n) is 3.51. The SMILES string of the molecule is Cc1ccc(NC(=O)CS(=O)CCCOc2ccc(C(=O)O)cc2)cc1. The predicted octanol–water partition coefficient (Wildman–Crippen LogP) is 2.85. The molecule has 0 aromatic heterocycles. The second-order valence-corrected chi connectivity index (χ2v) is 7.31. The largest absolute Gasteiger partial charge is 0.494 e. The first-order chi connectivity index (χ1) is 12.4. The van der Waals surface area contributed by atoms with Crippen molar-refractivity contribution in [3.05, 3.63) is 59.7 Å². The zero-order chi connectivity index (χ0) is 18.9. The lowest BCUT2D eigenvalue weighted by atomic mass is 10.2. The van der Waals surface area contributed by atoms with Gasteiger partial charge in [0, 0.05) is 22.2 Å². The van der Waals surface area contributed by atoms with Crippen LogP contribution in [0.4, 0.5) is 5.69 Å². The maximum Gasteiger partial charge on any atom is 0.335 e. The quantitative estimate of drug-likeness (QED) is 0.658. The summed E-state index contributed by atoms with van der Waals surface area (Å²) in [5.74, 6) is -0.415. The Morgan fingerprint density at radius 3 is 2.35 bits per heavy atom. The lowest BCUT2D eigenvalue weighted by Gasteiger charge is -2.07. The van der Waals surface area contributed by atoms with Crippen molar-refractivity contribution in [2.24, 2.45) is 0 Å². The van der Waals surface area contributed by atoms with E-state index in [0.717, 1.165) is 5.56 Å². The van der Waals surface area contributed by atoms with E-state index in [9.17, 15) is 13.8 Å². The van der Waals surface area contributed by atoms with Crippen molar-refractivity contribution < 1.29 is 23.6 Å². The molecule has 0 spiro atoms. The van der Waals surface area contributed by atoms with Crippen LogP contribution in [0.5, 0.6) is 5.75 Å². The zero-order valence-electron chi connectivity index (χ0n) is 14.4. The smallest absolute Gasteiger partial charge is 0.335 e. The Bertz CT molecular complexity index is 772. The van der Waals surface area contributed by atoms with E-state index in [-0.39, 0.29) is 17.2 Å². The van der Waals surface area contributed by atoms with Crippen molar-refractivity contribution >= 4 is 28.4 Å². The van der Waals surface area contributed by atoms with E-state index in [1.807, 2.05) is 19.1 Å². The van der Waals surface area contributed by atoms with Crippen molar-refractivity contribution in [1.82, 2.24) is 0 Å². The van der Waals surface area contributed by atoms with Gasteiger partial charge in [-0.25, -0.2) is 4.79 Å². The highest BCUT2D eigenvalue weighted by molar-refractivity contribution is 7.85. The molecule has 138 valence electrons. The lowest BCUT2D eigenvalue weighted by molar-refractivity contribution is -0.113. The second kappa shape index (κ2) is 9.72. The van der Waals surface area contributed by atoms with Gasteiger partial charge < -0.3 is 15.2 Å². The van der Waals surface area contributed by atoms with Crippen LogP contribution in [0.2, 0.25) is 0 Å². The summed E-state index contributed by atoms with van der Waals surface area (Å²) in [5.41, 5.74) is 1.98. The molecule has 2 N–H and O–H groups in total. The zero-order valence-corrected chi connectivity index (χ0v) is 15.3. The van der Waals surface area contributed by atoms with E-state index >= 15 is 0 Å². The molecule has 6 nitrogen and oxygen atoms in total. The molecular weight excluding hydrogens is 354 g/mol. The number of rotatable bonds is 9. The average Bonchev–Trinajstić information content (AvgIpc) is 2.61. The highest BCUT2D eigenvalue weighted by Gasteiger charge is 2.09. The van der Waals surface area contributed by atoms with Gasteiger partial charge in [-0.3, -0.25) is 9.00 Å². The predicted molar refractivity (Wildman–Crippen MR) is 101 cm³/mol. The number of anilines is 1. The van der Waals surface area contributed by atoms with Gasteiger partial charge in [0.05, 0.1) is 12.2 Å². The molecule has 1 atom stereocenters. The van der Waals surface area contributed by atoms with Gasteiger partial charge in [0.2, 0.25) is 5.91 Å². The third-order valence-corrected chi connectivity index (χ3v) is 4.84. The Morgan fingerprint density at radius 2 is 1.73 bits per heavy atom. The Labute approximate surface area is 154 Å². The standard InChI is InChI=1S/C19H21NO5S/c1-14-3-7-16(8-4-14)20-18(21)13-26(24)12-2-11-25-17-9-5-15(6-10-17)19(22)23/h3-10H,2,11-13H2,1H3,(H,20,21)(H,22,23). The number of nitrogens with one attached hydrogen (secondary N) is 1. The van der Waals surface area contributed by atoms with Gasteiger partial charge in [-0.15, -0.1) is 0 Å². The Morgan fingerprint density at radius 1 is 1.08 bits per heavy atom. The van der Waals surface area contributed by atoms with Crippen LogP contribution in [0.3, 0.4) is 0 Å². The molecule has 0 saturated heterocycles. The first-order valence-electron chi connectivity index (χ1n) is 8.11. The maximum absolute atomic E-state index is 12.0. The topological polar surface area (TPSA) is 92.7 Å². The molecule has 0 saturated carbocycles. The van der Waals surface area contributed by atoms with Gasteiger partial charge in [-0.05, 0) is 49.7 Å². The number of aromatic carboxylic acids is 1. The molecule has 1 unspecified atom stereocenters. The number of hydrogen-bond acceptors (Lipinski definition) is 4. The van der Waals surface area contributed by atoms with Crippen LogP contribution in [0, 0.1) is 6.92 Å². The van der Waals surface area contributed by atoms with Crippen LogP contribution >= 0.6 is 0 Å². The average molecular weight is 375 g/mol. The van der Waals surface area contributed by atoms with Crippen molar-refractivity contribution in [3.63, 3.8) is 0 Å². The minimum absolute atomic E-state index is 0.0544. The first kappa shape index (κ1) is 19.7. The Balaban J connectivity index is 1.65. The highest BCUT2D eigenvalue weighted by atomic mass is 32.2. The molecule has 0 heterocycles. The molecule has 7 heteroatoms. The number of carboxylic acids is 1. The lowest BCUT2D eigenvalue weighted by Crippen LogP contribution is -2.21. The van der Waals surface area contributed by atoms with Gasteiger partial charge >= 0.3 is 5.97 Å². The van der Waals surface area contributed by atoms with E-state index in [1.54, 1.807) is 24.3 Å². The number of ether oxygens (including phenoxy) is 1. The van der Waals surface area contributed by atoms with Crippen molar-refractivity contribution in [2.75, 3.05) is 23.4 Å². The molecule has 2 aromatic rings. The van der Waals surface area contributed by atoms with Crippen molar-refractivity contribution in [2.45, 2.75) is 13.3 Å². The summed E-state index contributed by atoms with van der Waals surface area (Å²) in [6.07, 6.45) is 0.533. The minimum Gasteiger partial charge on any atom is -0.494 e. The fourth-order valence-corrected chi connectivity index (χ4v) is 3.10. The number of amides is 1. The summed E-state index contributed by atoms with van der Waals surface area (Å²) in [7, 11) is -1.27. The Hall–Kier alpha value is -2.67. The van der Waals surface area contributed by atoms with Crippen LogP contribution in [-0.2, 0) is 15.6 Å². The van der Waals surface area contributed by atoms with Gasteiger partial charge in [-0.2, -0.15) is 0 Å². The molecule has 2 aromatic carbocycles. The monoisotopic (exact) mass is 375 g/mol. The first-order valence-corrected chi connectivity index (χ1v) is 9.60. The molecule has 0 aliphatic rings. The number of carboxylic acid groups (broad SMARTS) is 1. The molecule has 0 fully saturated rings. The summed E-state index contributed by atoms with van der Waals surface area (Å²) in [6, 6.07) is 13.5. The van der Waals surface area contributed by atoms with E-state index in [0.29, 0.717) is 30.2 Å². The maximum atomic E-state index is 12.0. The summed E-state index contributed by atoms with van der Waals surface area (Å²) in [6.45, 7) is 2.31. The third kappa shape index (κ3) is 6.68. The van der Waals surface area contributed by atoms with Crippen LogP contribution in [-0.4, -0.2) is 39.3 Å². The van der Waals surface area contributed by atoms with E-state index < -0.39 is 16.8 Å². The summed E-state index contributed by atoms with van der Waals surface area (Å²) < 4.78 is 17.4. The molecular formula is C19H21NO5S. The Kier molecular flexibility index (Phi) is 7.35. The summed E-state index contributed by atoms with van der Waals surface area (Å²) >= 11 is 0. The molecule has 0 radical (unpaired) electrons. The van der Waals surface area contributed by atoms with Crippen LogP contribution in [0.1, 0.15) is 22.3 Å². The number of carbonyl (C=O) groups is 2. The molecule has 2 rings (SSSR count). The van der Waals surface area contributed by atoms with Crippen LogP contribution in [0.15, 0.2) is 48.5 Å². The fraction of sp³-hybridized carbons (Fsp3) is 0.263. The van der Waals surface area contributed by atoms with Crippen LogP contribution in [0.25, 0.3) is 0 Å². The summed E-state index contributed by atoms with van der Waals surface area (Å²) in [4.78, 5) is 22.6. The van der Waals surface area contributed by atoms with Crippen molar-refractivity contribution in [1.29, 1.82) is 0 Å². The molecule has 26 heavy (non-hydrogen) atoms. The number of aryl methyl sites for hydroxylation is 1. The number of hydrogen-bond donors (Lipinski definition) is 2. The molecule has 0 aliphatic carbocycles. The molecule has 0 aliphatic heterocycles. The van der Waals surface area contributed by atoms with Gasteiger partial charge in [0.1, 0.15) is 11.5 Å². The highest BCUT2D eigenvalue weighted by Crippen LogP contribution is 2.12. The number of carbonyl (C=O) groups excluding carboxylic acids is 1. The van der Waals surface area contributed by atoms with E-state index in [4.69, 9.17) is 9.84 Å². The fourth-order valence-electron chi connectivity index (χ4n) is 2.16. The molecule has 1 amide bonds. The van der Waals surface area contributed by atoms with Crippen molar-refractivity contribution in [3.8, 4) is 5.75 Å². The number of benzene rings is 2.